The summed E-state index contributed by atoms with van der Waals surface area (Å²) in [5, 5.41) is 18.4. The van der Waals surface area contributed by atoms with Crippen LogP contribution < -0.4 is 5.32 Å². The van der Waals surface area contributed by atoms with Crippen molar-refractivity contribution < 1.29 is 14.4 Å². The molecule has 172 valence electrons. The minimum atomic E-state index is -0.458. The van der Waals surface area contributed by atoms with E-state index < -0.39 is 5.91 Å². The van der Waals surface area contributed by atoms with Gasteiger partial charge < -0.3 is 14.9 Å². The number of halogens is 2. The third kappa shape index (κ3) is 9.18. The van der Waals surface area contributed by atoms with Crippen molar-refractivity contribution in [3.8, 4) is 17.1 Å². The molecule has 0 aliphatic carbocycles. The normalized spacial score (nSPS) is 11.5. The van der Waals surface area contributed by atoms with Crippen LogP contribution >= 0.6 is 43.6 Å². The van der Waals surface area contributed by atoms with E-state index >= 15 is 0 Å². The van der Waals surface area contributed by atoms with Gasteiger partial charge in [0.1, 0.15) is 5.75 Å². The van der Waals surface area contributed by atoms with Gasteiger partial charge in [0.2, 0.25) is 5.82 Å². The van der Waals surface area contributed by atoms with Crippen LogP contribution in [0.25, 0.3) is 11.4 Å². The van der Waals surface area contributed by atoms with Crippen LogP contribution in [0.15, 0.2) is 73.0 Å². The Hall–Kier alpha value is -2.10. The van der Waals surface area contributed by atoms with Crippen LogP contribution in [0.4, 0.5) is 0 Å². The van der Waals surface area contributed by atoms with E-state index in [1.54, 1.807) is 23.9 Å². The number of aromatic nitrogens is 2. The average molecular weight is 585 g/mol. The predicted molar refractivity (Wildman–Crippen MR) is 140 cm³/mol. The van der Waals surface area contributed by atoms with Crippen molar-refractivity contribution in [2.24, 2.45) is 0 Å². The van der Waals surface area contributed by atoms with Crippen molar-refractivity contribution in [3.05, 3.63) is 74.4 Å². The van der Waals surface area contributed by atoms with E-state index in [0.717, 1.165) is 11.1 Å². The monoisotopic (exact) mass is 583 g/mol. The maximum Gasteiger partial charge on any atom is 0.316 e. The predicted octanol–water partition coefficient (Wildman–Crippen LogP) is 7.05. The lowest BCUT2D eigenvalue weighted by Crippen LogP contribution is -2.24. The fourth-order valence-electron chi connectivity index (χ4n) is 2.19. The van der Waals surface area contributed by atoms with Crippen LogP contribution in [0, 0.1) is 0 Å². The number of nitrogens with one attached hydrogen (secondary N) is 1. The molecule has 0 aliphatic heterocycles. The summed E-state index contributed by atoms with van der Waals surface area (Å²) in [6.07, 6.45) is 10.5. The van der Waals surface area contributed by atoms with Gasteiger partial charge in [-0.05, 0) is 69.0 Å². The minimum Gasteiger partial charge on any atom is -0.506 e. The Morgan fingerprint density at radius 3 is 2.56 bits per heavy atom. The van der Waals surface area contributed by atoms with Crippen molar-refractivity contribution in [3.63, 3.8) is 0 Å². The molecule has 2 rings (SSSR count). The molecule has 2 aromatic rings. The molecular weight excluding hydrogens is 558 g/mol. The lowest BCUT2D eigenvalue weighted by molar-refractivity contribution is 0.0910. The minimum absolute atomic E-state index is 0.0663. The van der Waals surface area contributed by atoms with Gasteiger partial charge in [-0.2, -0.15) is 4.98 Å². The van der Waals surface area contributed by atoms with Crippen molar-refractivity contribution in [1.82, 2.24) is 15.5 Å². The first-order valence-electron chi connectivity index (χ1n) is 9.84. The zero-order chi connectivity index (χ0) is 24.1. The lowest BCUT2D eigenvalue weighted by atomic mass is 10.2. The Labute approximate surface area is 210 Å². The third-order valence-electron chi connectivity index (χ3n) is 3.79. The van der Waals surface area contributed by atoms with Crippen LogP contribution in [0.3, 0.4) is 0 Å². The molecular formula is C23H27Br2N3O3S. The summed E-state index contributed by atoms with van der Waals surface area (Å²) >= 11 is 8.14. The number of amides is 1. The number of hydrogen-bond donors (Lipinski definition) is 2. The second-order valence-electron chi connectivity index (χ2n) is 6.18. The summed E-state index contributed by atoms with van der Waals surface area (Å²) in [5.41, 5.74) is 2.61. The van der Waals surface area contributed by atoms with Crippen LogP contribution in [-0.4, -0.2) is 34.0 Å². The highest BCUT2D eigenvalue weighted by molar-refractivity contribution is 9.11. The van der Waals surface area contributed by atoms with Crippen LogP contribution in [-0.2, 0) is 0 Å². The maximum atomic E-state index is 12.2. The Kier molecular flexibility index (Phi) is 13.0. The van der Waals surface area contributed by atoms with Crippen molar-refractivity contribution in [2.45, 2.75) is 27.2 Å². The number of aromatic hydroxyl groups is 1. The Morgan fingerprint density at radius 2 is 1.94 bits per heavy atom. The third-order valence-corrected chi connectivity index (χ3v) is 5.40. The van der Waals surface area contributed by atoms with Gasteiger partial charge >= 0.3 is 11.8 Å². The van der Waals surface area contributed by atoms with E-state index in [1.165, 1.54) is 0 Å². The van der Waals surface area contributed by atoms with Crippen molar-refractivity contribution in [2.75, 3.05) is 12.8 Å². The molecule has 0 atom stereocenters. The van der Waals surface area contributed by atoms with Gasteiger partial charge in [0, 0.05) is 12.1 Å². The topological polar surface area (TPSA) is 88.2 Å². The van der Waals surface area contributed by atoms with Gasteiger partial charge in [0.05, 0.1) is 8.95 Å². The number of hydrogen-bond acceptors (Lipinski definition) is 6. The molecule has 0 fully saturated rings. The van der Waals surface area contributed by atoms with Gasteiger partial charge in [0.25, 0.3) is 0 Å². The number of nitrogens with zero attached hydrogens (tertiary/aromatic N) is 2. The van der Waals surface area contributed by atoms with Crippen LogP contribution in [0.2, 0.25) is 0 Å². The number of rotatable bonds is 9. The molecule has 1 aromatic carbocycles. The van der Waals surface area contributed by atoms with Crippen molar-refractivity contribution >= 4 is 49.5 Å². The molecule has 0 saturated carbocycles. The first-order chi connectivity index (χ1) is 15.3. The summed E-state index contributed by atoms with van der Waals surface area (Å²) in [6.45, 7) is 10.4. The highest BCUT2D eigenvalue weighted by Gasteiger charge is 2.17. The highest BCUT2D eigenvalue weighted by atomic mass is 79.9. The molecule has 32 heavy (non-hydrogen) atoms. The smallest absolute Gasteiger partial charge is 0.316 e. The maximum absolute atomic E-state index is 12.2. The second-order valence-corrected chi connectivity index (χ2v) is 8.64. The number of carbonyl (C=O) groups excluding carboxylic acids is 1. The Bertz CT molecular complexity index is 991. The number of thioether (sulfide) groups is 1. The fraction of sp³-hybridized carbons (Fsp3) is 0.261. The van der Waals surface area contributed by atoms with Gasteiger partial charge in [-0.25, -0.2) is 0 Å². The molecule has 6 nitrogen and oxygen atoms in total. The number of phenols is 1. The summed E-state index contributed by atoms with van der Waals surface area (Å²) in [5.74, 6) is -0.283. The molecule has 0 bridgehead atoms. The standard InChI is InChI=1S/C21H21Br2N3O3S.C2H6/c1-13(5-4-6-14(2)8-10-30-3)7-9-24-20(28)21-25-19(26-29-21)15-11-16(22)18(27)17(23)12-15;1-2/h4-6,8,10-12,27H,1,7,9H2,2-3H3,(H,24,28);1-2H3/b5-4-,10-8-,14-6+;. The zero-order valence-corrected chi connectivity index (χ0v) is 22.5. The second kappa shape index (κ2) is 14.9. The van der Waals surface area contributed by atoms with Gasteiger partial charge in [-0.15, -0.1) is 11.8 Å². The lowest BCUT2D eigenvalue weighted by Gasteiger charge is -2.02. The number of benzene rings is 1. The Balaban J connectivity index is 0.00000249. The van der Waals surface area contributed by atoms with Crippen molar-refractivity contribution in [1.29, 1.82) is 0 Å². The highest BCUT2D eigenvalue weighted by Crippen LogP contribution is 2.36. The van der Waals surface area contributed by atoms with E-state index in [2.05, 4.69) is 53.9 Å². The fourth-order valence-corrected chi connectivity index (χ4v) is 3.73. The average Bonchev–Trinajstić information content (AvgIpc) is 3.27. The molecule has 0 saturated heterocycles. The van der Waals surface area contributed by atoms with Gasteiger partial charge in [-0.1, -0.05) is 61.0 Å². The number of allylic oxidation sites excluding steroid dienone is 5. The molecule has 0 spiro atoms. The summed E-state index contributed by atoms with van der Waals surface area (Å²) in [6, 6.07) is 3.27. The SMILES string of the molecule is C=C(\C=C/C=C(C)/C=C\SC)CCNC(=O)c1nc(-c2cc(Br)c(O)c(Br)c2)no1.CC. The summed E-state index contributed by atoms with van der Waals surface area (Å²) in [7, 11) is 0. The molecule has 9 heteroatoms. The quantitative estimate of drug-likeness (QED) is 0.307. The first kappa shape index (κ1) is 27.9. The molecule has 0 radical (unpaired) electrons. The summed E-state index contributed by atoms with van der Waals surface area (Å²) in [4.78, 5) is 16.3. The Morgan fingerprint density at radius 1 is 1.28 bits per heavy atom. The molecule has 1 aromatic heterocycles. The van der Waals surface area contributed by atoms with E-state index in [4.69, 9.17) is 4.52 Å². The zero-order valence-electron chi connectivity index (χ0n) is 18.5. The van der Waals surface area contributed by atoms with Gasteiger partial charge in [0.15, 0.2) is 0 Å². The molecule has 0 aliphatic rings. The first-order valence-corrected chi connectivity index (χ1v) is 12.7. The number of carbonyl (C=O) groups is 1. The van der Waals surface area contributed by atoms with E-state index in [1.807, 2.05) is 56.7 Å². The number of phenolic OH excluding ortho intramolecular Hbond substituents is 1. The van der Waals surface area contributed by atoms with Gasteiger partial charge in [-0.3, -0.25) is 4.79 Å². The summed E-state index contributed by atoms with van der Waals surface area (Å²) < 4.78 is 6.00. The van der Waals surface area contributed by atoms with E-state index in [9.17, 15) is 9.90 Å². The molecule has 1 amide bonds. The largest absolute Gasteiger partial charge is 0.506 e. The molecule has 2 N–H and O–H groups in total. The van der Waals surface area contributed by atoms with E-state index in [-0.39, 0.29) is 17.5 Å². The molecule has 0 unspecified atom stereocenters. The van der Waals surface area contributed by atoms with Crippen LogP contribution in [0.1, 0.15) is 37.9 Å². The van der Waals surface area contributed by atoms with Crippen LogP contribution in [0.5, 0.6) is 5.75 Å². The van der Waals surface area contributed by atoms with E-state index in [0.29, 0.717) is 27.5 Å². The molecule has 1 heterocycles.